The van der Waals surface area contributed by atoms with Crippen molar-refractivity contribution in [2.45, 2.75) is 26.2 Å². The summed E-state index contributed by atoms with van der Waals surface area (Å²) in [5.74, 6) is 0.463. The standard InChI is InChI=1S/C10H11BN4O3/c1-2-3-4-10-5-16-11(17-8(10)14-6-12)18-9(10)15-7-13/h2-5H2,1H3. The molecule has 0 aromatic heterocycles. The van der Waals surface area contributed by atoms with Crippen molar-refractivity contribution in [3.63, 3.8) is 0 Å². The van der Waals surface area contributed by atoms with Crippen LogP contribution in [0.5, 0.6) is 0 Å². The van der Waals surface area contributed by atoms with E-state index in [-0.39, 0.29) is 18.4 Å². The highest BCUT2D eigenvalue weighted by atomic mass is 16.8. The number of unbranched alkanes of at least 4 members (excludes halogenated alkanes) is 1. The number of nitriles is 2. The molecule has 2 bridgehead atoms. The Morgan fingerprint density at radius 3 is 2.39 bits per heavy atom. The van der Waals surface area contributed by atoms with E-state index < -0.39 is 12.7 Å². The van der Waals surface area contributed by atoms with Crippen LogP contribution in [0.25, 0.3) is 0 Å². The first-order valence-electron chi connectivity index (χ1n) is 5.66. The Morgan fingerprint density at radius 2 is 1.89 bits per heavy atom. The molecule has 3 aliphatic heterocycles. The normalized spacial score (nSPS) is 29.6. The Bertz CT molecular complexity index is 442. The first-order chi connectivity index (χ1) is 8.76. The molecule has 0 radical (unpaired) electrons. The van der Waals surface area contributed by atoms with Gasteiger partial charge in [0.15, 0.2) is 0 Å². The van der Waals surface area contributed by atoms with E-state index in [1.807, 2.05) is 6.92 Å². The van der Waals surface area contributed by atoms with E-state index in [4.69, 9.17) is 24.5 Å². The van der Waals surface area contributed by atoms with Gasteiger partial charge >= 0.3 is 7.32 Å². The van der Waals surface area contributed by atoms with Crippen LogP contribution < -0.4 is 0 Å². The predicted octanol–water partition coefficient (Wildman–Crippen LogP) is 0.984. The molecule has 3 saturated heterocycles. The Hall–Kier alpha value is -2.06. The minimum atomic E-state index is -0.965. The van der Waals surface area contributed by atoms with Gasteiger partial charge in [0, 0.05) is 0 Å². The summed E-state index contributed by atoms with van der Waals surface area (Å²) in [4.78, 5) is 7.35. The van der Waals surface area contributed by atoms with Gasteiger partial charge in [0.2, 0.25) is 24.2 Å². The first-order valence-corrected chi connectivity index (χ1v) is 5.66. The summed E-state index contributed by atoms with van der Waals surface area (Å²) in [6.07, 6.45) is 5.81. The van der Waals surface area contributed by atoms with Crippen molar-refractivity contribution in [2.75, 3.05) is 6.61 Å². The summed E-state index contributed by atoms with van der Waals surface area (Å²) in [6.45, 7) is 2.30. The molecule has 3 aliphatic rings. The zero-order chi connectivity index (χ0) is 13.0. The smallest absolute Gasteiger partial charge is 0.488 e. The van der Waals surface area contributed by atoms with Crippen LogP contribution in [-0.2, 0) is 14.0 Å². The van der Waals surface area contributed by atoms with Crippen molar-refractivity contribution >= 4 is 19.1 Å². The molecule has 18 heavy (non-hydrogen) atoms. The molecule has 8 heteroatoms. The van der Waals surface area contributed by atoms with E-state index in [0.29, 0.717) is 6.42 Å². The zero-order valence-electron chi connectivity index (χ0n) is 9.92. The van der Waals surface area contributed by atoms with E-state index in [1.165, 1.54) is 0 Å². The molecule has 7 nitrogen and oxygen atoms in total. The Labute approximate surface area is 105 Å². The minimum Gasteiger partial charge on any atom is -0.488 e. The number of fused-ring (bicyclic) bond motifs is 3. The quantitative estimate of drug-likeness (QED) is 0.545. The highest BCUT2D eigenvalue weighted by molar-refractivity contribution is 6.47. The molecule has 0 aliphatic carbocycles. The fraction of sp³-hybridized carbons (Fsp3) is 0.600. The number of hydrogen-bond acceptors (Lipinski definition) is 7. The molecule has 92 valence electrons. The third kappa shape index (κ3) is 1.91. The number of rotatable bonds is 3. The average Bonchev–Trinajstić information content (AvgIpc) is 2.39. The van der Waals surface area contributed by atoms with Crippen molar-refractivity contribution in [2.24, 2.45) is 15.4 Å². The van der Waals surface area contributed by atoms with Gasteiger partial charge in [-0.2, -0.15) is 10.5 Å². The predicted molar refractivity (Wildman–Crippen MR) is 61.9 cm³/mol. The van der Waals surface area contributed by atoms with Crippen LogP contribution >= 0.6 is 0 Å². The van der Waals surface area contributed by atoms with Gasteiger partial charge in [0.05, 0.1) is 6.61 Å². The molecule has 0 N–H and O–H groups in total. The van der Waals surface area contributed by atoms with Gasteiger partial charge in [-0.25, -0.2) is 0 Å². The molecule has 0 amide bonds. The Balaban J connectivity index is 2.40. The van der Waals surface area contributed by atoms with Gasteiger partial charge in [-0.3, -0.25) is 0 Å². The van der Waals surface area contributed by atoms with Crippen LogP contribution in [0.15, 0.2) is 9.98 Å². The maximum atomic E-state index is 8.70. The minimum absolute atomic E-state index is 0.231. The lowest BCUT2D eigenvalue weighted by Crippen LogP contribution is -2.61. The van der Waals surface area contributed by atoms with Crippen molar-refractivity contribution < 1.29 is 14.0 Å². The van der Waals surface area contributed by atoms with Crippen molar-refractivity contribution in [1.29, 1.82) is 10.5 Å². The van der Waals surface area contributed by atoms with E-state index in [2.05, 4.69) is 9.98 Å². The summed E-state index contributed by atoms with van der Waals surface area (Å²) in [5.41, 5.74) is -0.837. The molecule has 3 heterocycles. The molecule has 0 aromatic rings. The van der Waals surface area contributed by atoms with Crippen molar-refractivity contribution in [3.05, 3.63) is 0 Å². The lowest BCUT2D eigenvalue weighted by atomic mass is 9.78. The summed E-state index contributed by atoms with van der Waals surface area (Å²) < 4.78 is 15.9. The SMILES string of the molecule is CCCCC12COB(OC1=NC#N)OC2=NC#N. The second-order valence-corrected chi connectivity index (χ2v) is 4.05. The summed E-state index contributed by atoms with van der Waals surface area (Å²) >= 11 is 0. The average molecular weight is 246 g/mol. The van der Waals surface area contributed by atoms with Crippen LogP contribution in [0.4, 0.5) is 0 Å². The molecule has 3 rings (SSSR count). The van der Waals surface area contributed by atoms with E-state index in [9.17, 15) is 0 Å². The molecule has 0 spiro atoms. The summed E-state index contributed by atoms with van der Waals surface area (Å²) in [5, 5.41) is 17.4. The topological polar surface area (TPSA) is 100.0 Å². The molecule has 0 atom stereocenters. The van der Waals surface area contributed by atoms with Gasteiger partial charge < -0.3 is 14.0 Å². The number of hydrogen-bond donors (Lipinski definition) is 0. The number of aliphatic imine (C=N–C) groups is 2. The van der Waals surface area contributed by atoms with Crippen LogP contribution in [0.2, 0.25) is 0 Å². The fourth-order valence-corrected chi connectivity index (χ4v) is 2.05. The largest absolute Gasteiger partial charge is 0.789 e. The lowest BCUT2D eigenvalue weighted by Gasteiger charge is -2.43. The second-order valence-electron chi connectivity index (χ2n) is 4.05. The van der Waals surface area contributed by atoms with Gasteiger partial charge in [0.1, 0.15) is 5.41 Å². The zero-order valence-corrected chi connectivity index (χ0v) is 9.92. The van der Waals surface area contributed by atoms with Crippen LogP contribution in [0.3, 0.4) is 0 Å². The Morgan fingerprint density at radius 1 is 1.28 bits per heavy atom. The summed E-state index contributed by atoms with van der Waals surface area (Å²) in [6, 6.07) is 0. The van der Waals surface area contributed by atoms with Gasteiger partial charge in [-0.15, -0.1) is 9.98 Å². The van der Waals surface area contributed by atoms with Gasteiger partial charge in [-0.05, 0) is 6.42 Å². The third-order valence-electron chi connectivity index (χ3n) is 2.96. The second kappa shape index (κ2) is 5.07. The van der Waals surface area contributed by atoms with Crippen molar-refractivity contribution in [3.8, 4) is 12.4 Å². The molecular formula is C10H11BN4O3. The fourth-order valence-electron chi connectivity index (χ4n) is 2.05. The van der Waals surface area contributed by atoms with Gasteiger partial charge in [-0.1, -0.05) is 19.8 Å². The lowest BCUT2D eigenvalue weighted by molar-refractivity contribution is 0.0663. The number of nitrogens with zero attached hydrogens (tertiary/aromatic N) is 4. The van der Waals surface area contributed by atoms with E-state index in [0.717, 1.165) is 12.8 Å². The molecule has 3 fully saturated rings. The summed E-state index contributed by atoms with van der Waals surface area (Å²) in [7, 11) is -0.965. The van der Waals surface area contributed by atoms with Crippen LogP contribution in [-0.4, -0.2) is 25.7 Å². The molecule has 0 saturated carbocycles. The maximum Gasteiger partial charge on any atom is 0.789 e. The first kappa shape index (κ1) is 12.4. The third-order valence-corrected chi connectivity index (χ3v) is 2.96. The maximum absolute atomic E-state index is 8.70. The van der Waals surface area contributed by atoms with Crippen molar-refractivity contribution in [1.82, 2.24) is 0 Å². The monoisotopic (exact) mass is 246 g/mol. The highest BCUT2D eigenvalue weighted by Crippen LogP contribution is 2.39. The molecule has 0 unspecified atom stereocenters. The Kier molecular flexibility index (Phi) is 3.49. The van der Waals surface area contributed by atoms with Crippen LogP contribution in [0, 0.1) is 28.3 Å². The molecular weight excluding hydrogens is 235 g/mol. The van der Waals surface area contributed by atoms with E-state index in [1.54, 1.807) is 12.4 Å². The van der Waals surface area contributed by atoms with Gasteiger partial charge in [0.25, 0.3) is 0 Å². The highest BCUT2D eigenvalue weighted by Gasteiger charge is 2.59. The van der Waals surface area contributed by atoms with Crippen LogP contribution in [0.1, 0.15) is 26.2 Å². The van der Waals surface area contributed by atoms with E-state index >= 15 is 0 Å². The molecule has 0 aromatic carbocycles.